The summed E-state index contributed by atoms with van der Waals surface area (Å²) in [5.74, 6) is 1.55. The monoisotopic (exact) mass is 451 g/mol. The molecule has 3 heterocycles. The van der Waals surface area contributed by atoms with Crippen LogP contribution in [0.5, 0.6) is 0 Å². The van der Waals surface area contributed by atoms with Gasteiger partial charge in [-0.1, -0.05) is 42.1 Å². The molecule has 0 aliphatic carbocycles. The van der Waals surface area contributed by atoms with Gasteiger partial charge in [-0.2, -0.15) is 0 Å². The summed E-state index contributed by atoms with van der Waals surface area (Å²) in [6, 6.07) is 14.2. The standard InChI is InChI=1S/C24H29N5O2S/c1-24(2)14-20(10-13-31-24)22(30)26-15-21-27-28-23(32-17-19-8-11-25-12-9-19)29(21)16-18-6-4-3-5-7-18/h3-9,11-12,20H,10,13-17H2,1-2H3,(H,26,30)/t20-/m0/s1. The number of nitrogens with one attached hydrogen (secondary N) is 1. The first kappa shape index (κ1) is 22.5. The molecule has 0 bridgehead atoms. The number of thioether (sulfide) groups is 1. The highest BCUT2D eigenvalue weighted by Crippen LogP contribution is 2.29. The van der Waals surface area contributed by atoms with E-state index in [1.807, 2.05) is 44.2 Å². The molecule has 32 heavy (non-hydrogen) atoms. The van der Waals surface area contributed by atoms with Gasteiger partial charge in [0, 0.05) is 30.7 Å². The maximum absolute atomic E-state index is 12.8. The highest BCUT2D eigenvalue weighted by Gasteiger charge is 2.32. The third-order valence-corrected chi connectivity index (χ3v) is 6.62. The number of nitrogens with zero attached hydrogens (tertiary/aromatic N) is 4. The molecule has 0 radical (unpaired) electrons. The first-order chi connectivity index (χ1) is 15.5. The van der Waals surface area contributed by atoms with Crippen LogP contribution in [0.1, 0.15) is 43.6 Å². The minimum absolute atomic E-state index is 0.0372. The Kier molecular flexibility index (Phi) is 7.22. The van der Waals surface area contributed by atoms with Gasteiger partial charge in [-0.05, 0) is 49.9 Å². The third-order valence-electron chi connectivity index (χ3n) is 5.58. The normalized spacial score (nSPS) is 17.8. The Morgan fingerprint density at radius 3 is 2.69 bits per heavy atom. The maximum Gasteiger partial charge on any atom is 0.223 e. The van der Waals surface area contributed by atoms with E-state index in [0.29, 0.717) is 19.7 Å². The molecule has 1 aliphatic rings. The van der Waals surface area contributed by atoms with E-state index < -0.39 is 0 Å². The van der Waals surface area contributed by atoms with E-state index in [9.17, 15) is 4.79 Å². The molecule has 7 nitrogen and oxygen atoms in total. The van der Waals surface area contributed by atoms with Gasteiger partial charge < -0.3 is 14.6 Å². The van der Waals surface area contributed by atoms with Crippen molar-refractivity contribution in [3.63, 3.8) is 0 Å². The van der Waals surface area contributed by atoms with Crippen molar-refractivity contribution in [2.24, 2.45) is 5.92 Å². The molecule has 3 aromatic rings. The number of aromatic nitrogens is 4. The van der Waals surface area contributed by atoms with E-state index in [4.69, 9.17) is 4.74 Å². The second kappa shape index (κ2) is 10.3. The number of pyridine rings is 1. The first-order valence-electron chi connectivity index (χ1n) is 10.9. The van der Waals surface area contributed by atoms with Crippen molar-refractivity contribution in [2.45, 2.75) is 56.3 Å². The van der Waals surface area contributed by atoms with Crippen LogP contribution < -0.4 is 5.32 Å². The molecule has 1 atom stereocenters. The molecular formula is C24H29N5O2S. The summed E-state index contributed by atoms with van der Waals surface area (Å²) in [4.78, 5) is 16.9. The summed E-state index contributed by atoms with van der Waals surface area (Å²) in [6.07, 6.45) is 5.06. The van der Waals surface area contributed by atoms with Gasteiger partial charge in [0.05, 0.1) is 18.7 Å². The van der Waals surface area contributed by atoms with Gasteiger partial charge in [-0.15, -0.1) is 10.2 Å². The van der Waals surface area contributed by atoms with Crippen molar-refractivity contribution in [1.82, 2.24) is 25.1 Å². The lowest BCUT2D eigenvalue weighted by atomic mass is 9.88. The Labute approximate surface area is 193 Å². The zero-order chi connectivity index (χ0) is 22.4. The lowest BCUT2D eigenvalue weighted by Gasteiger charge is -2.34. The minimum Gasteiger partial charge on any atom is -0.376 e. The molecule has 0 saturated carbocycles. The predicted molar refractivity (Wildman–Crippen MR) is 124 cm³/mol. The average Bonchev–Trinajstić information content (AvgIpc) is 3.18. The Morgan fingerprint density at radius 2 is 1.94 bits per heavy atom. The van der Waals surface area contributed by atoms with E-state index in [0.717, 1.165) is 35.1 Å². The first-order valence-corrected chi connectivity index (χ1v) is 11.9. The van der Waals surface area contributed by atoms with E-state index in [-0.39, 0.29) is 17.4 Å². The maximum atomic E-state index is 12.8. The summed E-state index contributed by atoms with van der Waals surface area (Å²) >= 11 is 1.63. The van der Waals surface area contributed by atoms with Crippen LogP contribution in [0.3, 0.4) is 0 Å². The van der Waals surface area contributed by atoms with Crippen molar-refractivity contribution in [1.29, 1.82) is 0 Å². The number of hydrogen-bond donors (Lipinski definition) is 1. The predicted octanol–water partition coefficient (Wildman–Crippen LogP) is 3.84. The quantitative estimate of drug-likeness (QED) is 0.524. The molecule has 1 saturated heterocycles. The molecule has 8 heteroatoms. The van der Waals surface area contributed by atoms with Gasteiger partial charge in [0.2, 0.25) is 5.91 Å². The highest BCUT2D eigenvalue weighted by molar-refractivity contribution is 7.98. The van der Waals surface area contributed by atoms with Crippen LogP contribution >= 0.6 is 11.8 Å². The van der Waals surface area contributed by atoms with E-state index >= 15 is 0 Å². The fraction of sp³-hybridized carbons (Fsp3) is 0.417. The lowest BCUT2D eigenvalue weighted by molar-refractivity contribution is -0.135. The van der Waals surface area contributed by atoms with Crippen molar-refractivity contribution >= 4 is 17.7 Å². The van der Waals surface area contributed by atoms with E-state index in [2.05, 4.69) is 37.2 Å². The number of amides is 1. The largest absolute Gasteiger partial charge is 0.376 e. The SMILES string of the molecule is CC1(C)C[C@@H](C(=O)NCc2nnc(SCc3ccncc3)n2Cc2ccccc2)CCO1. The van der Waals surface area contributed by atoms with Crippen LogP contribution in [0.15, 0.2) is 60.0 Å². The molecule has 2 aromatic heterocycles. The van der Waals surface area contributed by atoms with Crippen molar-refractivity contribution in [3.05, 3.63) is 71.8 Å². The van der Waals surface area contributed by atoms with Crippen LogP contribution in [0, 0.1) is 5.92 Å². The fourth-order valence-corrected chi connectivity index (χ4v) is 4.79. The van der Waals surface area contributed by atoms with Gasteiger partial charge >= 0.3 is 0 Å². The van der Waals surface area contributed by atoms with Crippen LogP contribution in [-0.2, 0) is 28.4 Å². The number of benzene rings is 1. The zero-order valence-corrected chi connectivity index (χ0v) is 19.3. The van der Waals surface area contributed by atoms with Gasteiger partial charge in [0.1, 0.15) is 0 Å². The highest BCUT2D eigenvalue weighted by atomic mass is 32.2. The average molecular weight is 452 g/mol. The lowest BCUT2D eigenvalue weighted by Crippen LogP contribution is -2.41. The number of carbonyl (C=O) groups excluding carboxylic acids is 1. The smallest absolute Gasteiger partial charge is 0.223 e. The Bertz CT molecular complexity index is 1020. The molecule has 1 fully saturated rings. The number of rotatable bonds is 8. The van der Waals surface area contributed by atoms with Crippen LogP contribution in [0.25, 0.3) is 0 Å². The van der Waals surface area contributed by atoms with Gasteiger partial charge in [-0.3, -0.25) is 9.78 Å². The molecule has 4 rings (SSSR count). The molecular weight excluding hydrogens is 422 g/mol. The molecule has 1 aliphatic heterocycles. The Balaban J connectivity index is 1.46. The van der Waals surface area contributed by atoms with E-state index in [1.165, 1.54) is 5.56 Å². The second-order valence-corrected chi connectivity index (χ2v) is 9.57. The molecule has 0 spiro atoms. The van der Waals surface area contributed by atoms with E-state index in [1.54, 1.807) is 24.2 Å². The number of hydrogen-bond acceptors (Lipinski definition) is 6. The Morgan fingerprint density at radius 1 is 1.16 bits per heavy atom. The number of ether oxygens (including phenoxy) is 1. The molecule has 1 N–H and O–H groups in total. The number of carbonyl (C=O) groups is 1. The molecule has 168 valence electrons. The summed E-state index contributed by atoms with van der Waals surface area (Å²) in [5.41, 5.74) is 2.08. The van der Waals surface area contributed by atoms with Crippen LogP contribution in [0.2, 0.25) is 0 Å². The zero-order valence-electron chi connectivity index (χ0n) is 18.5. The van der Waals surface area contributed by atoms with Crippen LogP contribution in [0.4, 0.5) is 0 Å². The summed E-state index contributed by atoms with van der Waals surface area (Å²) in [6.45, 7) is 5.70. The van der Waals surface area contributed by atoms with Crippen molar-refractivity contribution in [2.75, 3.05) is 6.61 Å². The summed E-state index contributed by atoms with van der Waals surface area (Å²) < 4.78 is 7.84. The molecule has 1 amide bonds. The van der Waals surface area contributed by atoms with Gasteiger partial charge in [0.25, 0.3) is 0 Å². The fourth-order valence-electron chi connectivity index (χ4n) is 3.87. The summed E-state index contributed by atoms with van der Waals surface area (Å²) in [7, 11) is 0. The minimum atomic E-state index is -0.260. The third kappa shape index (κ3) is 5.95. The molecule has 0 unspecified atom stereocenters. The molecule has 1 aromatic carbocycles. The second-order valence-electron chi connectivity index (χ2n) is 8.63. The van der Waals surface area contributed by atoms with Crippen molar-refractivity contribution in [3.8, 4) is 0 Å². The topological polar surface area (TPSA) is 81.9 Å². The van der Waals surface area contributed by atoms with Gasteiger partial charge in [0.15, 0.2) is 11.0 Å². The van der Waals surface area contributed by atoms with Crippen LogP contribution in [-0.4, -0.2) is 37.9 Å². The Hall–Kier alpha value is -2.71. The summed E-state index contributed by atoms with van der Waals surface area (Å²) in [5, 5.41) is 12.8. The van der Waals surface area contributed by atoms with Crippen molar-refractivity contribution < 1.29 is 9.53 Å². The van der Waals surface area contributed by atoms with Gasteiger partial charge in [-0.25, -0.2) is 0 Å².